The second kappa shape index (κ2) is 18.6. The van der Waals surface area contributed by atoms with Crippen LogP contribution in [0.5, 0.6) is 0 Å². The van der Waals surface area contributed by atoms with Gasteiger partial charge in [-0.1, -0.05) is 273 Å². The van der Waals surface area contributed by atoms with Gasteiger partial charge in [0.25, 0.3) is 0 Å². The van der Waals surface area contributed by atoms with Gasteiger partial charge >= 0.3 is 0 Å². The number of benzene rings is 16. The number of rotatable bonds is 7. The molecule has 0 N–H and O–H groups in total. The molecule has 1 nitrogen and oxygen atoms in total. The molecule has 1 aromatic heterocycles. The molecule has 0 saturated heterocycles. The quantitative estimate of drug-likeness (QED) is 0.155. The third-order valence-corrected chi connectivity index (χ3v) is 19.1. The van der Waals surface area contributed by atoms with Crippen LogP contribution in [0.2, 0.25) is 0 Å². The van der Waals surface area contributed by atoms with E-state index in [9.17, 15) is 0 Å². The average Bonchev–Trinajstić information content (AvgIpc) is 1.68. The molecule has 0 fully saturated rings. The van der Waals surface area contributed by atoms with Crippen molar-refractivity contribution in [2.24, 2.45) is 0 Å². The molecule has 0 aliphatic heterocycles. The second-order valence-corrected chi connectivity index (χ2v) is 23.6. The van der Waals surface area contributed by atoms with E-state index in [1.807, 2.05) is 0 Å². The van der Waals surface area contributed by atoms with E-state index in [0.717, 1.165) is 27.5 Å². The van der Waals surface area contributed by atoms with E-state index in [2.05, 4.69) is 303 Å². The SMILES string of the molecule is c1ccc(-c2ccc3oc4ccc(-c5c6c(c(-c7ccccc7)c7ccc(-c8ccc9c%10c(cccc8%10)-c8c-9c(-c9ccc(-c%10ccccc%10)c%10ccccc9%10)c9ccccc9c8-c8ccccc8)cc57)-c5cccc7cccc-6c57)cc4c3c2)cc1. The molecule has 0 amide bonds. The van der Waals surface area contributed by atoms with Crippen molar-refractivity contribution >= 4 is 75.8 Å². The minimum Gasteiger partial charge on any atom is -0.456 e. The molecule has 19 rings (SSSR count). The summed E-state index contributed by atoms with van der Waals surface area (Å²) in [6, 6.07) is 113. The Hall–Kier alpha value is -11.4. The molecule has 16 aromatic carbocycles. The zero-order chi connectivity index (χ0) is 56.8. The Morgan fingerprint density at radius 3 is 1.17 bits per heavy atom. The number of hydrogen-bond acceptors (Lipinski definition) is 1. The molecule has 0 radical (unpaired) electrons. The lowest BCUT2D eigenvalue weighted by Crippen LogP contribution is -1.95. The molecule has 2 aliphatic rings. The zero-order valence-corrected chi connectivity index (χ0v) is 47.3. The zero-order valence-electron chi connectivity index (χ0n) is 47.3. The predicted molar refractivity (Wildman–Crippen MR) is 368 cm³/mol. The first kappa shape index (κ1) is 48.0. The van der Waals surface area contributed by atoms with Crippen LogP contribution in [-0.4, -0.2) is 0 Å². The Labute approximate surface area is 502 Å². The molecule has 0 bridgehead atoms. The normalized spacial score (nSPS) is 12.1. The van der Waals surface area contributed by atoms with Gasteiger partial charge in [0.05, 0.1) is 0 Å². The number of furan rings is 1. The third-order valence-electron chi connectivity index (χ3n) is 19.1. The highest BCUT2D eigenvalue weighted by molar-refractivity contribution is 6.32. The fraction of sp³-hybridized carbons (Fsp3) is 0. The lowest BCUT2D eigenvalue weighted by Gasteiger charge is -2.22. The Bertz CT molecular complexity index is 5770. The summed E-state index contributed by atoms with van der Waals surface area (Å²) >= 11 is 0. The molecule has 0 atom stereocenters. The molecular weight excluding hydrogens is 1050 g/mol. The van der Waals surface area contributed by atoms with Crippen molar-refractivity contribution in [2.75, 3.05) is 0 Å². The van der Waals surface area contributed by atoms with Crippen molar-refractivity contribution in [2.45, 2.75) is 0 Å². The maximum atomic E-state index is 6.68. The van der Waals surface area contributed by atoms with Gasteiger partial charge in [-0.25, -0.2) is 0 Å². The lowest BCUT2D eigenvalue weighted by atomic mass is 9.81. The summed E-state index contributed by atoms with van der Waals surface area (Å²) in [6.45, 7) is 0. The molecule has 1 heteroatoms. The summed E-state index contributed by atoms with van der Waals surface area (Å²) in [5.41, 5.74) is 29.0. The second-order valence-electron chi connectivity index (χ2n) is 23.6. The highest BCUT2D eigenvalue weighted by atomic mass is 16.3. The molecular formula is C86H50O. The fourth-order valence-corrected chi connectivity index (χ4v) is 15.5. The largest absolute Gasteiger partial charge is 0.456 e. The summed E-state index contributed by atoms with van der Waals surface area (Å²) in [5, 5.41) is 14.7. The standard InChI is InChI=1S/C86H50O/c1-5-20-51(21-6-1)56-39-46-75-72(48-56)73-50-58(40-47-76(73)87-75)80-74-49-57(38-41-67(74)79(55-26-11-4-12-27-55)83-68-35-17-28-53-29-18-36-69(77(53)68)84(80)83)60-43-45-71-81-63(60)34-19-37-70(81)85-78(54-24-9-3-10-25-54)64-32-15-16-33-65(64)82(86(71)85)66-44-42-59(52-22-7-2-8-23-52)61-30-13-14-31-62(61)66/h1-50H. The van der Waals surface area contributed by atoms with Crippen LogP contribution in [0.25, 0.3) is 198 Å². The van der Waals surface area contributed by atoms with Gasteiger partial charge in [0, 0.05) is 10.8 Å². The first-order valence-corrected chi connectivity index (χ1v) is 30.2. The van der Waals surface area contributed by atoms with Crippen molar-refractivity contribution in [1.29, 1.82) is 0 Å². The summed E-state index contributed by atoms with van der Waals surface area (Å²) < 4.78 is 6.68. The maximum Gasteiger partial charge on any atom is 0.135 e. The summed E-state index contributed by atoms with van der Waals surface area (Å²) in [5.74, 6) is 0. The van der Waals surface area contributed by atoms with Crippen molar-refractivity contribution in [3.63, 3.8) is 0 Å². The van der Waals surface area contributed by atoms with E-state index >= 15 is 0 Å². The van der Waals surface area contributed by atoms with Crippen LogP contribution < -0.4 is 0 Å². The summed E-state index contributed by atoms with van der Waals surface area (Å²) in [6.07, 6.45) is 0. The van der Waals surface area contributed by atoms with Gasteiger partial charge in [0.1, 0.15) is 11.2 Å². The van der Waals surface area contributed by atoms with Crippen LogP contribution in [0, 0.1) is 0 Å². The molecule has 1 heterocycles. The van der Waals surface area contributed by atoms with Gasteiger partial charge in [-0.05, 0) is 207 Å². The van der Waals surface area contributed by atoms with Gasteiger partial charge in [-0.3, -0.25) is 0 Å². The fourth-order valence-electron chi connectivity index (χ4n) is 15.5. The molecule has 0 saturated carbocycles. The first-order valence-electron chi connectivity index (χ1n) is 30.2. The smallest absolute Gasteiger partial charge is 0.135 e. The summed E-state index contributed by atoms with van der Waals surface area (Å²) in [7, 11) is 0. The van der Waals surface area contributed by atoms with E-state index in [1.54, 1.807) is 0 Å². The van der Waals surface area contributed by atoms with Crippen LogP contribution in [-0.2, 0) is 0 Å². The van der Waals surface area contributed by atoms with Crippen molar-refractivity contribution in [3.05, 3.63) is 303 Å². The maximum absolute atomic E-state index is 6.68. The monoisotopic (exact) mass is 1100 g/mol. The minimum absolute atomic E-state index is 0.879. The average molecular weight is 1100 g/mol. The van der Waals surface area contributed by atoms with Crippen LogP contribution in [0.15, 0.2) is 308 Å². The van der Waals surface area contributed by atoms with Crippen LogP contribution >= 0.6 is 0 Å². The van der Waals surface area contributed by atoms with E-state index in [1.165, 1.54) is 171 Å². The van der Waals surface area contributed by atoms with Gasteiger partial charge in [0.2, 0.25) is 0 Å². The van der Waals surface area contributed by atoms with Gasteiger partial charge in [-0.2, -0.15) is 0 Å². The Morgan fingerprint density at radius 1 is 0.161 bits per heavy atom. The van der Waals surface area contributed by atoms with Crippen LogP contribution in [0.1, 0.15) is 0 Å². The van der Waals surface area contributed by atoms with Gasteiger partial charge < -0.3 is 4.42 Å². The van der Waals surface area contributed by atoms with E-state index in [0.29, 0.717) is 0 Å². The van der Waals surface area contributed by atoms with E-state index in [-0.39, 0.29) is 0 Å². The summed E-state index contributed by atoms with van der Waals surface area (Å²) in [4.78, 5) is 0. The molecule has 2 aliphatic carbocycles. The Balaban J connectivity index is 0.893. The van der Waals surface area contributed by atoms with Crippen molar-refractivity contribution in [1.82, 2.24) is 0 Å². The lowest BCUT2D eigenvalue weighted by molar-refractivity contribution is 0.669. The highest BCUT2D eigenvalue weighted by Gasteiger charge is 2.34. The van der Waals surface area contributed by atoms with Crippen molar-refractivity contribution < 1.29 is 4.42 Å². The Morgan fingerprint density at radius 2 is 0.552 bits per heavy atom. The predicted octanol–water partition coefficient (Wildman–Crippen LogP) is 24.3. The highest BCUT2D eigenvalue weighted by Crippen LogP contribution is 2.61. The minimum atomic E-state index is 0.879. The molecule has 87 heavy (non-hydrogen) atoms. The van der Waals surface area contributed by atoms with Gasteiger partial charge in [-0.15, -0.1) is 0 Å². The molecule has 400 valence electrons. The van der Waals surface area contributed by atoms with Crippen molar-refractivity contribution in [3.8, 4) is 122 Å². The van der Waals surface area contributed by atoms with Gasteiger partial charge in [0.15, 0.2) is 0 Å². The topological polar surface area (TPSA) is 13.1 Å². The molecule has 0 spiro atoms. The van der Waals surface area contributed by atoms with E-state index < -0.39 is 0 Å². The molecule has 0 unspecified atom stereocenters. The Kier molecular flexibility index (Phi) is 10.2. The van der Waals surface area contributed by atoms with E-state index in [4.69, 9.17) is 4.42 Å². The van der Waals surface area contributed by atoms with Crippen LogP contribution in [0.3, 0.4) is 0 Å². The number of hydrogen-bond donors (Lipinski definition) is 0. The first-order chi connectivity index (χ1) is 43.2. The van der Waals surface area contributed by atoms with Crippen LogP contribution in [0.4, 0.5) is 0 Å². The number of fused-ring (bicyclic) bond motifs is 12. The third kappa shape index (κ3) is 6.97. The molecule has 17 aromatic rings.